The van der Waals surface area contributed by atoms with Crippen LogP contribution in [0.3, 0.4) is 0 Å². The van der Waals surface area contributed by atoms with E-state index in [1.165, 1.54) is 7.11 Å². The van der Waals surface area contributed by atoms with Crippen LogP contribution in [0.4, 0.5) is 5.69 Å². The maximum atomic E-state index is 12.2. The smallest absolute Gasteiger partial charge is 0.329 e. The van der Waals surface area contributed by atoms with Gasteiger partial charge in [-0.05, 0) is 47.1 Å². The maximum Gasteiger partial charge on any atom is 0.329 e. The summed E-state index contributed by atoms with van der Waals surface area (Å²) in [7, 11) is 1.30. The summed E-state index contributed by atoms with van der Waals surface area (Å²) >= 11 is 3.37. The molecule has 0 bridgehead atoms. The van der Waals surface area contributed by atoms with Gasteiger partial charge in [0.1, 0.15) is 17.9 Å². The van der Waals surface area contributed by atoms with Crippen molar-refractivity contribution in [2.75, 3.05) is 25.6 Å². The Balaban J connectivity index is 1.97. The number of carbonyl (C=O) groups excluding carboxylic acids is 2. The second kappa shape index (κ2) is 9.35. The van der Waals surface area contributed by atoms with Crippen LogP contribution in [0.25, 0.3) is 0 Å². The summed E-state index contributed by atoms with van der Waals surface area (Å²) < 4.78 is 11.3. The molecule has 0 saturated carbocycles. The van der Waals surface area contributed by atoms with E-state index in [0.29, 0.717) is 11.4 Å². The molecular weight excluding hydrogens is 400 g/mol. The number of hydrogen-bond acceptors (Lipinski definition) is 5. The number of methoxy groups -OCH3 is 1. The molecule has 138 valence electrons. The second-order valence-corrected chi connectivity index (χ2v) is 6.66. The Morgan fingerprint density at radius 3 is 2.38 bits per heavy atom. The van der Waals surface area contributed by atoms with Crippen LogP contribution in [-0.4, -0.2) is 37.7 Å². The van der Waals surface area contributed by atoms with Gasteiger partial charge in [-0.15, -0.1) is 0 Å². The van der Waals surface area contributed by atoms with Gasteiger partial charge in [0.05, 0.1) is 19.3 Å². The fraction of sp³-hybridized carbons (Fsp3) is 0.263. The molecule has 2 rings (SSSR count). The van der Waals surface area contributed by atoms with Crippen molar-refractivity contribution < 1.29 is 19.1 Å². The molecule has 0 aliphatic heterocycles. The molecule has 0 aliphatic rings. The molecular formula is C19H21BrN2O4. The molecule has 0 saturated heterocycles. The molecule has 1 amide bonds. The second-order valence-electron chi connectivity index (χ2n) is 5.81. The van der Waals surface area contributed by atoms with E-state index >= 15 is 0 Å². The number of ether oxygens (including phenoxy) is 2. The summed E-state index contributed by atoms with van der Waals surface area (Å²) in [6.45, 7) is 1.57. The fourth-order valence-corrected chi connectivity index (χ4v) is 2.57. The number of nitrogens with one attached hydrogen (secondary N) is 2. The van der Waals surface area contributed by atoms with Crippen LogP contribution in [0.2, 0.25) is 0 Å². The highest BCUT2D eigenvalue weighted by atomic mass is 79.9. The minimum absolute atomic E-state index is 0.0198. The number of amides is 1. The van der Waals surface area contributed by atoms with Crippen LogP contribution in [0.1, 0.15) is 6.92 Å². The first-order valence-corrected chi connectivity index (χ1v) is 8.79. The van der Waals surface area contributed by atoms with Crippen molar-refractivity contribution in [3.05, 3.63) is 59.1 Å². The lowest BCUT2D eigenvalue weighted by Crippen LogP contribution is -2.56. The average molecular weight is 421 g/mol. The highest BCUT2D eigenvalue weighted by Crippen LogP contribution is 2.21. The van der Waals surface area contributed by atoms with Gasteiger partial charge in [0.25, 0.3) is 0 Å². The molecule has 0 radical (unpaired) electrons. The number of rotatable bonds is 8. The summed E-state index contributed by atoms with van der Waals surface area (Å²) in [6.07, 6.45) is 0. The van der Waals surface area contributed by atoms with E-state index in [-0.39, 0.29) is 19.1 Å². The molecule has 26 heavy (non-hydrogen) atoms. The van der Waals surface area contributed by atoms with Gasteiger partial charge in [-0.3, -0.25) is 10.1 Å². The number of esters is 1. The normalized spacial score (nSPS) is 12.7. The van der Waals surface area contributed by atoms with E-state index in [1.54, 1.807) is 25.1 Å². The zero-order chi connectivity index (χ0) is 19.0. The molecule has 1 atom stereocenters. The van der Waals surface area contributed by atoms with Crippen molar-refractivity contribution in [1.29, 1.82) is 0 Å². The van der Waals surface area contributed by atoms with Gasteiger partial charge in [-0.2, -0.15) is 0 Å². The van der Waals surface area contributed by atoms with Gasteiger partial charge < -0.3 is 14.8 Å². The largest absolute Gasteiger partial charge is 0.491 e. The molecule has 2 aromatic rings. The van der Waals surface area contributed by atoms with E-state index in [9.17, 15) is 9.59 Å². The number of benzene rings is 2. The summed E-state index contributed by atoms with van der Waals surface area (Å²) in [5.74, 6) is -0.170. The SMILES string of the molecule is COC(=O)C(C)(COc1ccccc1)NCC(=O)Nc1ccccc1Br. The molecule has 0 aliphatic carbocycles. The third-order valence-electron chi connectivity index (χ3n) is 3.69. The lowest BCUT2D eigenvalue weighted by Gasteiger charge is -2.27. The van der Waals surface area contributed by atoms with E-state index in [0.717, 1.165) is 4.47 Å². The number of halogens is 1. The summed E-state index contributed by atoms with van der Waals surface area (Å²) in [5, 5.41) is 5.70. The predicted molar refractivity (Wildman–Crippen MR) is 103 cm³/mol. The number of carbonyl (C=O) groups is 2. The first-order valence-electron chi connectivity index (χ1n) is 8.00. The van der Waals surface area contributed by atoms with Gasteiger partial charge in [-0.1, -0.05) is 30.3 Å². The van der Waals surface area contributed by atoms with E-state index in [4.69, 9.17) is 9.47 Å². The monoisotopic (exact) mass is 420 g/mol. The molecule has 2 N–H and O–H groups in total. The Morgan fingerprint density at radius 2 is 1.73 bits per heavy atom. The zero-order valence-corrected chi connectivity index (χ0v) is 16.2. The minimum Gasteiger partial charge on any atom is -0.491 e. The van der Waals surface area contributed by atoms with Crippen molar-refractivity contribution in [2.24, 2.45) is 0 Å². The quantitative estimate of drug-likeness (QED) is 0.641. The maximum absolute atomic E-state index is 12.2. The number of anilines is 1. The van der Waals surface area contributed by atoms with Crippen LogP contribution in [0.15, 0.2) is 59.1 Å². The van der Waals surface area contributed by atoms with Crippen LogP contribution in [0, 0.1) is 0 Å². The number of para-hydroxylation sites is 2. The van der Waals surface area contributed by atoms with Gasteiger partial charge in [0, 0.05) is 4.47 Å². The minimum atomic E-state index is -1.17. The van der Waals surface area contributed by atoms with Gasteiger partial charge >= 0.3 is 5.97 Å². The first kappa shape index (κ1) is 19.9. The molecule has 2 aromatic carbocycles. The first-order chi connectivity index (χ1) is 12.4. The van der Waals surface area contributed by atoms with Crippen LogP contribution in [0.5, 0.6) is 5.75 Å². The van der Waals surface area contributed by atoms with E-state index in [2.05, 4.69) is 26.6 Å². The van der Waals surface area contributed by atoms with E-state index < -0.39 is 11.5 Å². The molecule has 7 heteroatoms. The Bertz CT molecular complexity index is 754. The third kappa shape index (κ3) is 5.57. The molecule has 6 nitrogen and oxygen atoms in total. The molecule has 1 unspecified atom stereocenters. The van der Waals surface area contributed by atoms with Gasteiger partial charge in [0.2, 0.25) is 5.91 Å². The molecule has 0 aromatic heterocycles. The van der Waals surface area contributed by atoms with Crippen molar-refractivity contribution in [2.45, 2.75) is 12.5 Å². The summed E-state index contributed by atoms with van der Waals surface area (Å²) in [4.78, 5) is 24.4. The van der Waals surface area contributed by atoms with Crippen molar-refractivity contribution in [1.82, 2.24) is 5.32 Å². The lowest BCUT2D eigenvalue weighted by molar-refractivity contribution is -0.149. The standard InChI is InChI=1S/C19H21BrN2O4/c1-19(18(24)25-2,13-26-14-8-4-3-5-9-14)21-12-17(23)22-16-11-7-6-10-15(16)20/h3-11,21H,12-13H2,1-2H3,(H,22,23). The topological polar surface area (TPSA) is 76.7 Å². The fourth-order valence-electron chi connectivity index (χ4n) is 2.18. The molecule has 0 fully saturated rings. The third-order valence-corrected chi connectivity index (χ3v) is 4.39. The predicted octanol–water partition coefficient (Wildman–Crippen LogP) is 2.99. The Kier molecular flexibility index (Phi) is 7.17. The molecule has 0 spiro atoms. The van der Waals surface area contributed by atoms with Crippen LogP contribution >= 0.6 is 15.9 Å². The van der Waals surface area contributed by atoms with Crippen LogP contribution < -0.4 is 15.4 Å². The highest BCUT2D eigenvalue weighted by molar-refractivity contribution is 9.10. The van der Waals surface area contributed by atoms with Crippen molar-refractivity contribution >= 4 is 33.5 Å². The van der Waals surface area contributed by atoms with E-state index in [1.807, 2.05) is 36.4 Å². The molecule has 0 heterocycles. The number of hydrogen-bond donors (Lipinski definition) is 2. The van der Waals surface area contributed by atoms with Crippen LogP contribution in [-0.2, 0) is 14.3 Å². The van der Waals surface area contributed by atoms with Gasteiger partial charge in [-0.25, -0.2) is 4.79 Å². The lowest BCUT2D eigenvalue weighted by atomic mass is 10.0. The Morgan fingerprint density at radius 1 is 1.08 bits per heavy atom. The summed E-state index contributed by atoms with van der Waals surface area (Å²) in [5.41, 5.74) is -0.518. The zero-order valence-electron chi connectivity index (χ0n) is 14.6. The Hall–Kier alpha value is -2.38. The van der Waals surface area contributed by atoms with Gasteiger partial charge in [0.15, 0.2) is 0 Å². The summed E-state index contributed by atoms with van der Waals surface area (Å²) in [6, 6.07) is 16.4. The van der Waals surface area contributed by atoms with Crippen molar-refractivity contribution in [3.8, 4) is 5.75 Å². The average Bonchev–Trinajstić information content (AvgIpc) is 2.67. The van der Waals surface area contributed by atoms with Crippen molar-refractivity contribution in [3.63, 3.8) is 0 Å². The Labute approximate surface area is 161 Å². The highest BCUT2D eigenvalue weighted by Gasteiger charge is 2.35.